The molecule has 0 unspecified atom stereocenters. The molecule has 2 aromatic rings. The maximum Gasteiger partial charge on any atom is 0.261 e. The molecular weight excluding hydrogens is 372 g/mol. The van der Waals surface area contributed by atoms with Gasteiger partial charge in [-0.2, -0.15) is 0 Å². The minimum absolute atomic E-state index is 0.145. The monoisotopic (exact) mass is 394 g/mol. The molecule has 4 rings (SSSR count). The second kappa shape index (κ2) is 7.24. The smallest absolute Gasteiger partial charge is 0.261 e. The Morgan fingerprint density at radius 3 is 2.41 bits per heavy atom. The summed E-state index contributed by atoms with van der Waals surface area (Å²) >= 11 is 0. The Bertz CT molecular complexity index is 1010. The average Bonchev–Trinajstić information content (AvgIpc) is 3.57. The average molecular weight is 394 g/mol. The second-order valence-electron chi connectivity index (χ2n) is 7.27. The molecule has 0 N–H and O–H groups in total. The van der Waals surface area contributed by atoms with Crippen LogP contribution in [0.25, 0.3) is 0 Å². The summed E-state index contributed by atoms with van der Waals surface area (Å²) in [6.45, 7) is 0.369. The number of hydrogen-bond donors (Lipinski definition) is 0. The van der Waals surface area contributed by atoms with Crippen LogP contribution in [0.5, 0.6) is 11.5 Å². The fourth-order valence-corrected chi connectivity index (χ4v) is 3.60. The van der Waals surface area contributed by atoms with Crippen LogP contribution in [-0.2, 0) is 6.54 Å². The summed E-state index contributed by atoms with van der Waals surface area (Å²) in [5.41, 5.74) is 1.85. The number of methoxy groups -OCH3 is 2. The number of ether oxygens (including phenoxy) is 2. The van der Waals surface area contributed by atoms with Gasteiger partial charge in [-0.3, -0.25) is 19.3 Å². The highest BCUT2D eigenvalue weighted by Gasteiger charge is 2.36. The number of rotatable bonds is 6. The van der Waals surface area contributed by atoms with Gasteiger partial charge >= 0.3 is 0 Å². The summed E-state index contributed by atoms with van der Waals surface area (Å²) in [6.07, 6.45) is 1.87. The highest BCUT2D eigenvalue weighted by atomic mass is 16.5. The molecule has 1 saturated carbocycles. The molecule has 0 aromatic heterocycles. The van der Waals surface area contributed by atoms with Crippen LogP contribution in [0.3, 0.4) is 0 Å². The number of amides is 3. The normalized spacial score (nSPS) is 15.3. The van der Waals surface area contributed by atoms with Gasteiger partial charge in [-0.15, -0.1) is 0 Å². The molecule has 0 atom stereocenters. The van der Waals surface area contributed by atoms with Crippen LogP contribution < -0.4 is 9.47 Å². The fraction of sp³-hybridized carbons (Fsp3) is 0.318. The van der Waals surface area contributed by atoms with Crippen LogP contribution in [-0.4, -0.2) is 54.8 Å². The van der Waals surface area contributed by atoms with Crippen LogP contribution in [0.4, 0.5) is 0 Å². The lowest BCUT2D eigenvalue weighted by Gasteiger charge is -2.24. The number of hydrogen-bond acceptors (Lipinski definition) is 5. The summed E-state index contributed by atoms with van der Waals surface area (Å²) < 4.78 is 10.8. The Balaban J connectivity index is 1.65. The van der Waals surface area contributed by atoms with Crippen molar-refractivity contribution in [1.82, 2.24) is 9.80 Å². The Morgan fingerprint density at radius 1 is 1.03 bits per heavy atom. The lowest BCUT2D eigenvalue weighted by molar-refractivity contribution is 0.0691. The van der Waals surface area contributed by atoms with Crippen LogP contribution in [0.2, 0.25) is 0 Å². The third kappa shape index (κ3) is 3.33. The molecule has 7 heteroatoms. The van der Waals surface area contributed by atoms with Crippen molar-refractivity contribution in [3.05, 3.63) is 58.7 Å². The van der Waals surface area contributed by atoms with E-state index in [9.17, 15) is 14.4 Å². The van der Waals surface area contributed by atoms with Crippen molar-refractivity contribution < 1.29 is 23.9 Å². The molecule has 1 aliphatic heterocycles. The molecule has 29 heavy (non-hydrogen) atoms. The van der Waals surface area contributed by atoms with Crippen molar-refractivity contribution in [3.63, 3.8) is 0 Å². The molecule has 0 saturated heterocycles. The van der Waals surface area contributed by atoms with Gasteiger partial charge in [0.2, 0.25) is 0 Å². The van der Waals surface area contributed by atoms with E-state index in [2.05, 4.69) is 0 Å². The van der Waals surface area contributed by atoms with E-state index in [-0.39, 0.29) is 29.3 Å². The number of carbonyl (C=O) groups is 3. The van der Waals surface area contributed by atoms with E-state index in [1.54, 1.807) is 31.3 Å². The highest BCUT2D eigenvalue weighted by molar-refractivity contribution is 6.21. The largest absolute Gasteiger partial charge is 0.497 e. The first-order valence-electron chi connectivity index (χ1n) is 9.43. The minimum atomic E-state index is -0.382. The van der Waals surface area contributed by atoms with E-state index in [0.29, 0.717) is 29.2 Å². The van der Waals surface area contributed by atoms with E-state index >= 15 is 0 Å². The predicted octanol–water partition coefficient (Wildman–Crippen LogP) is 2.73. The molecule has 1 fully saturated rings. The van der Waals surface area contributed by atoms with Crippen molar-refractivity contribution >= 4 is 17.7 Å². The predicted molar refractivity (Wildman–Crippen MR) is 105 cm³/mol. The molecule has 0 radical (unpaired) electrons. The lowest BCUT2D eigenvalue weighted by atomic mass is 10.0. The number of imide groups is 1. The van der Waals surface area contributed by atoms with Crippen molar-refractivity contribution in [3.8, 4) is 11.5 Å². The minimum Gasteiger partial charge on any atom is -0.497 e. The Hall–Kier alpha value is -3.35. The first kappa shape index (κ1) is 19.0. The zero-order valence-corrected chi connectivity index (χ0v) is 16.6. The fourth-order valence-electron chi connectivity index (χ4n) is 3.60. The maximum absolute atomic E-state index is 13.3. The number of benzene rings is 2. The van der Waals surface area contributed by atoms with E-state index < -0.39 is 0 Å². The van der Waals surface area contributed by atoms with E-state index in [1.165, 1.54) is 13.1 Å². The number of nitrogens with zero attached hydrogens (tertiary/aromatic N) is 2. The van der Waals surface area contributed by atoms with Gasteiger partial charge in [0.15, 0.2) is 0 Å². The third-order valence-corrected chi connectivity index (χ3v) is 5.41. The van der Waals surface area contributed by atoms with Crippen molar-refractivity contribution in [2.75, 3.05) is 21.3 Å². The van der Waals surface area contributed by atoms with Gasteiger partial charge in [-0.1, -0.05) is 0 Å². The number of fused-ring (bicyclic) bond motifs is 1. The molecular formula is C22H22N2O5. The SMILES string of the molecule is COc1ccc(OC)c(CN(C(=O)c2ccc3c(c2)C(=O)N(C)C3=O)C2CC2)c1. The molecule has 1 aliphatic carbocycles. The van der Waals surface area contributed by atoms with E-state index in [1.807, 2.05) is 18.2 Å². The molecule has 7 nitrogen and oxygen atoms in total. The number of carbonyl (C=O) groups excluding carboxylic acids is 3. The lowest BCUT2D eigenvalue weighted by Crippen LogP contribution is -2.33. The standard InChI is InChI=1S/C22H22N2O5/c1-23-21(26)17-8-4-13(11-18(17)22(23)27)20(25)24(15-5-6-15)12-14-10-16(28-2)7-9-19(14)29-3/h4,7-11,15H,5-6,12H2,1-3H3. The summed E-state index contributed by atoms with van der Waals surface area (Å²) in [4.78, 5) is 40.6. The third-order valence-electron chi connectivity index (χ3n) is 5.41. The van der Waals surface area contributed by atoms with Crippen LogP contribution in [0.15, 0.2) is 36.4 Å². The summed E-state index contributed by atoms with van der Waals surface area (Å²) in [5.74, 6) is 0.473. The molecule has 1 heterocycles. The van der Waals surface area contributed by atoms with Gasteiger partial charge in [0.1, 0.15) is 11.5 Å². The molecule has 3 amide bonds. The molecule has 0 bridgehead atoms. The summed E-state index contributed by atoms with van der Waals surface area (Å²) in [7, 11) is 4.63. The van der Waals surface area contributed by atoms with Crippen LogP contribution in [0.1, 0.15) is 49.5 Å². The highest BCUT2D eigenvalue weighted by Crippen LogP contribution is 2.33. The zero-order valence-electron chi connectivity index (χ0n) is 16.6. The van der Waals surface area contributed by atoms with Crippen molar-refractivity contribution in [1.29, 1.82) is 0 Å². The first-order chi connectivity index (χ1) is 13.9. The molecule has 150 valence electrons. The second-order valence-corrected chi connectivity index (χ2v) is 7.27. The van der Waals surface area contributed by atoms with Gasteiger partial charge in [-0.25, -0.2) is 0 Å². The van der Waals surface area contributed by atoms with Crippen LogP contribution >= 0.6 is 0 Å². The van der Waals surface area contributed by atoms with Crippen LogP contribution in [0, 0.1) is 0 Å². The first-order valence-corrected chi connectivity index (χ1v) is 9.43. The van der Waals surface area contributed by atoms with E-state index in [4.69, 9.17) is 9.47 Å². The van der Waals surface area contributed by atoms with Gasteiger partial charge in [-0.05, 0) is 49.2 Å². The summed E-state index contributed by atoms with van der Waals surface area (Å²) in [6, 6.07) is 10.3. The topological polar surface area (TPSA) is 76.2 Å². The van der Waals surface area contributed by atoms with Gasteiger partial charge < -0.3 is 14.4 Å². The molecule has 2 aliphatic rings. The molecule has 0 spiro atoms. The van der Waals surface area contributed by atoms with Crippen molar-refractivity contribution in [2.24, 2.45) is 0 Å². The maximum atomic E-state index is 13.3. The van der Waals surface area contributed by atoms with Gasteiger partial charge in [0, 0.05) is 24.2 Å². The quantitative estimate of drug-likeness (QED) is 0.704. The summed E-state index contributed by atoms with van der Waals surface area (Å²) in [5, 5.41) is 0. The molecule has 2 aromatic carbocycles. The van der Waals surface area contributed by atoms with Crippen molar-refractivity contribution in [2.45, 2.75) is 25.4 Å². The van der Waals surface area contributed by atoms with Gasteiger partial charge in [0.05, 0.1) is 31.9 Å². The Labute approximate surface area is 168 Å². The zero-order chi connectivity index (χ0) is 20.7. The van der Waals surface area contributed by atoms with E-state index in [0.717, 1.165) is 23.3 Å². The Kier molecular flexibility index (Phi) is 4.74. The van der Waals surface area contributed by atoms with Gasteiger partial charge in [0.25, 0.3) is 17.7 Å². The Morgan fingerprint density at radius 2 is 1.76 bits per heavy atom.